The van der Waals surface area contributed by atoms with Gasteiger partial charge in [0.25, 0.3) is 0 Å². The number of halogens is 2. The largest absolute Gasteiger partial charge is 0.466 e. The van der Waals surface area contributed by atoms with Crippen LogP contribution in [0.25, 0.3) is 0 Å². The van der Waals surface area contributed by atoms with Crippen molar-refractivity contribution in [2.45, 2.75) is 87.7 Å². The first-order valence-corrected chi connectivity index (χ1v) is 14.9. The summed E-state index contributed by atoms with van der Waals surface area (Å²) in [7, 11) is 0. The quantitative estimate of drug-likeness (QED) is 0.215. The molecular formula is C26H41Cl2N5O7. The lowest BCUT2D eigenvalue weighted by molar-refractivity contribution is -0.144. The van der Waals surface area contributed by atoms with Gasteiger partial charge in [0.15, 0.2) is 0 Å². The van der Waals surface area contributed by atoms with Crippen molar-refractivity contribution in [1.29, 1.82) is 0 Å². The van der Waals surface area contributed by atoms with Crippen LogP contribution in [0.5, 0.6) is 0 Å². The van der Waals surface area contributed by atoms with Crippen LogP contribution in [0.2, 0.25) is 0 Å². The Morgan fingerprint density at radius 1 is 1.10 bits per heavy atom. The van der Waals surface area contributed by atoms with Gasteiger partial charge >= 0.3 is 12.1 Å². The van der Waals surface area contributed by atoms with Crippen molar-refractivity contribution >= 4 is 53.0 Å². The molecule has 1 aliphatic heterocycles. The van der Waals surface area contributed by atoms with E-state index >= 15 is 0 Å². The third kappa shape index (κ3) is 9.10. The van der Waals surface area contributed by atoms with Crippen LogP contribution in [-0.4, -0.2) is 102 Å². The predicted octanol–water partition coefficient (Wildman–Crippen LogP) is 1.50. The van der Waals surface area contributed by atoms with Gasteiger partial charge < -0.3 is 30.5 Å². The number of esters is 1. The Bertz CT molecular complexity index is 939. The first-order chi connectivity index (χ1) is 19.1. The van der Waals surface area contributed by atoms with Gasteiger partial charge in [-0.2, -0.15) is 0 Å². The van der Waals surface area contributed by atoms with E-state index < -0.39 is 41.4 Å². The Morgan fingerprint density at radius 2 is 1.85 bits per heavy atom. The molecule has 3 aliphatic rings. The van der Waals surface area contributed by atoms with Crippen LogP contribution in [0, 0.1) is 11.8 Å². The maximum Gasteiger partial charge on any atom is 0.416 e. The van der Waals surface area contributed by atoms with Crippen molar-refractivity contribution < 1.29 is 33.8 Å². The van der Waals surface area contributed by atoms with Crippen molar-refractivity contribution in [3.63, 3.8) is 0 Å². The van der Waals surface area contributed by atoms with E-state index in [1.807, 2.05) is 0 Å². The van der Waals surface area contributed by atoms with Gasteiger partial charge in [-0.05, 0) is 46.0 Å². The number of guanidine groups is 1. The number of rotatable bonds is 10. The molecule has 0 saturated heterocycles. The molecule has 3 rings (SSSR count). The second kappa shape index (κ2) is 15.6. The summed E-state index contributed by atoms with van der Waals surface area (Å²) in [5.74, 6) is -1.66. The lowest BCUT2D eigenvalue weighted by Gasteiger charge is -2.39. The van der Waals surface area contributed by atoms with Gasteiger partial charge in [0, 0.05) is 29.3 Å². The van der Waals surface area contributed by atoms with E-state index in [-0.39, 0.29) is 49.4 Å². The van der Waals surface area contributed by atoms with Crippen LogP contribution in [0.15, 0.2) is 4.99 Å². The predicted molar refractivity (Wildman–Crippen MR) is 149 cm³/mol. The number of nitrogens with one attached hydrogen (secondary N) is 3. The molecule has 12 nitrogen and oxygen atoms in total. The highest BCUT2D eigenvalue weighted by Gasteiger charge is 2.41. The highest BCUT2D eigenvalue weighted by molar-refractivity contribution is 6.24. The van der Waals surface area contributed by atoms with Gasteiger partial charge in [0.05, 0.1) is 50.7 Å². The van der Waals surface area contributed by atoms with Crippen molar-refractivity contribution in [2.75, 3.05) is 32.8 Å². The molecule has 0 radical (unpaired) electrons. The van der Waals surface area contributed by atoms with Crippen LogP contribution in [0.4, 0.5) is 4.79 Å². The number of aliphatic imine (C=N–C) groups is 1. The Kier molecular flexibility index (Phi) is 12.6. The molecule has 0 aromatic rings. The van der Waals surface area contributed by atoms with E-state index in [0.717, 1.165) is 12.8 Å². The number of amides is 3. The minimum absolute atomic E-state index is 0.0548. The third-order valence-corrected chi connectivity index (χ3v) is 8.30. The molecule has 2 aliphatic carbocycles. The van der Waals surface area contributed by atoms with E-state index in [1.165, 1.54) is 4.90 Å². The Morgan fingerprint density at radius 3 is 2.58 bits per heavy atom. The van der Waals surface area contributed by atoms with Crippen LogP contribution < -0.4 is 16.0 Å². The zero-order chi connectivity index (χ0) is 29.2. The van der Waals surface area contributed by atoms with Crippen LogP contribution in [0.1, 0.15) is 58.8 Å². The molecule has 2 saturated carbocycles. The summed E-state index contributed by atoms with van der Waals surface area (Å²) in [6.07, 6.45) is 2.06. The van der Waals surface area contributed by atoms with Gasteiger partial charge in [0.1, 0.15) is 0 Å². The monoisotopic (exact) mass is 605 g/mol. The average Bonchev–Trinajstić information content (AvgIpc) is 3.37. The molecule has 40 heavy (non-hydrogen) atoms. The van der Waals surface area contributed by atoms with Crippen LogP contribution in [0.3, 0.4) is 0 Å². The Labute approximate surface area is 244 Å². The minimum Gasteiger partial charge on any atom is -0.466 e. The third-order valence-electron chi connectivity index (χ3n) is 7.50. The molecule has 226 valence electrons. The number of carbonyl (C=O) groups excluding carboxylic acids is 4. The summed E-state index contributed by atoms with van der Waals surface area (Å²) < 4.78 is 10.1. The standard InChI is InChI=1S/C26H41Cl2N5O7/c1-3-39-22(35)13-20(18-11-16(27)12-19(28)23(18)36)32-21(34)14-30-24(37)15-6-5-7-17(10-15)31-25-29-8-9-33(25)26(38)40-4-2/h15-20,23,36H,3-14H2,1-2H3,(H,29,31)(H,30,37)(H,32,34). The second-order valence-corrected chi connectivity index (χ2v) is 11.6. The van der Waals surface area contributed by atoms with E-state index in [2.05, 4.69) is 20.9 Å². The number of hydrogen-bond donors (Lipinski definition) is 4. The fourth-order valence-corrected chi connectivity index (χ4v) is 6.45. The smallest absolute Gasteiger partial charge is 0.416 e. The van der Waals surface area contributed by atoms with Gasteiger partial charge in [-0.15, -0.1) is 23.2 Å². The molecule has 2 fully saturated rings. The summed E-state index contributed by atoms with van der Waals surface area (Å²) in [6.45, 7) is 4.53. The van der Waals surface area contributed by atoms with E-state index in [0.29, 0.717) is 44.7 Å². The summed E-state index contributed by atoms with van der Waals surface area (Å²) in [6, 6.07) is -0.806. The van der Waals surface area contributed by atoms with E-state index in [4.69, 9.17) is 32.7 Å². The Hall–Kier alpha value is -2.31. The fraction of sp³-hybridized carbons (Fsp3) is 0.808. The molecule has 7 unspecified atom stereocenters. The first kappa shape index (κ1) is 32.2. The normalized spacial score (nSPS) is 29.1. The average molecular weight is 607 g/mol. The van der Waals surface area contributed by atoms with Crippen LogP contribution >= 0.6 is 23.2 Å². The van der Waals surface area contributed by atoms with Gasteiger partial charge in [-0.1, -0.05) is 6.42 Å². The van der Waals surface area contributed by atoms with Gasteiger partial charge in [-0.25, -0.2) is 9.69 Å². The molecule has 14 heteroatoms. The zero-order valence-electron chi connectivity index (χ0n) is 23.1. The number of hydrogen-bond acceptors (Lipinski definition) is 9. The highest BCUT2D eigenvalue weighted by atomic mass is 35.5. The molecule has 0 aromatic heterocycles. The molecule has 0 spiro atoms. The summed E-state index contributed by atoms with van der Waals surface area (Å²) in [5.41, 5.74) is 0. The summed E-state index contributed by atoms with van der Waals surface area (Å²) in [5, 5.41) is 18.5. The second-order valence-electron chi connectivity index (χ2n) is 10.4. The highest BCUT2D eigenvalue weighted by Crippen LogP contribution is 2.34. The molecule has 0 bridgehead atoms. The minimum atomic E-state index is -0.957. The lowest BCUT2D eigenvalue weighted by Crippen LogP contribution is -2.53. The summed E-state index contributed by atoms with van der Waals surface area (Å²) >= 11 is 12.6. The fourth-order valence-electron chi connectivity index (χ4n) is 5.56. The van der Waals surface area contributed by atoms with E-state index in [1.54, 1.807) is 13.8 Å². The van der Waals surface area contributed by atoms with Crippen molar-refractivity contribution in [1.82, 2.24) is 20.9 Å². The van der Waals surface area contributed by atoms with Crippen molar-refractivity contribution in [3.05, 3.63) is 0 Å². The molecule has 7 atom stereocenters. The number of carbonyl (C=O) groups is 4. The molecule has 1 heterocycles. The SMILES string of the molecule is CCOC(=O)CC(NC(=O)CNC(=O)C1CCCC(NC2=NCCN2C(=O)OCC)C1)C1CC(Cl)CC(Cl)C1O. The number of alkyl halides is 2. The number of nitrogens with zero attached hydrogens (tertiary/aromatic N) is 2. The molecule has 3 amide bonds. The first-order valence-electron chi connectivity index (χ1n) is 14.1. The van der Waals surface area contributed by atoms with Crippen LogP contribution in [-0.2, 0) is 23.9 Å². The lowest BCUT2D eigenvalue weighted by atomic mass is 9.79. The molecule has 4 N–H and O–H groups in total. The maximum atomic E-state index is 12.9. The van der Waals surface area contributed by atoms with Crippen molar-refractivity contribution in [2.24, 2.45) is 16.8 Å². The Balaban J connectivity index is 1.52. The van der Waals surface area contributed by atoms with Gasteiger partial charge in [-0.3, -0.25) is 19.4 Å². The number of aliphatic hydroxyl groups is 1. The number of aliphatic hydroxyl groups excluding tert-OH is 1. The van der Waals surface area contributed by atoms with Gasteiger partial charge in [0.2, 0.25) is 17.8 Å². The van der Waals surface area contributed by atoms with E-state index in [9.17, 15) is 24.3 Å². The zero-order valence-corrected chi connectivity index (χ0v) is 24.6. The molecular weight excluding hydrogens is 565 g/mol. The number of ether oxygens (including phenoxy) is 2. The molecule has 0 aromatic carbocycles. The topological polar surface area (TPSA) is 159 Å². The maximum absolute atomic E-state index is 12.9. The summed E-state index contributed by atoms with van der Waals surface area (Å²) in [4.78, 5) is 56.0. The van der Waals surface area contributed by atoms with Crippen molar-refractivity contribution in [3.8, 4) is 0 Å².